The van der Waals surface area contributed by atoms with Gasteiger partial charge in [0.15, 0.2) is 5.11 Å². The Morgan fingerprint density at radius 2 is 1.77 bits per heavy atom. The van der Waals surface area contributed by atoms with Crippen LogP contribution in [0.3, 0.4) is 0 Å². The van der Waals surface area contributed by atoms with E-state index in [0.29, 0.717) is 23.4 Å². The summed E-state index contributed by atoms with van der Waals surface area (Å²) in [6.45, 7) is 4.83. The predicted molar refractivity (Wildman–Crippen MR) is 146 cm³/mol. The maximum atomic E-state index is 5.86. The van der Waals surface area contributed by atoms with Crippen molar-refractivity contribution in [2.45, 2.75) is 31.3 Å². The molecule has 0 amide bonds. The van der Waals surface area contributed by atoms with Gasteiger partial charge in [0.1, 0.15) is 0 Å². The van der Waals surface area contributed by atoms with Crippen LogP contribution in [0.25, 0.3) is 17.0 Å². The number of hydrogen-bond donors (Lipinski definition) is 1. The molecule has 1 atom stereocenters. The second-order valence-corrected chi connectivity index (χ2v) is 9.79. The standard InChI is InChI=1S/C28H26N4OS2/c1-18-8-7-9-20(16-18)17-32-19(2)24(25(29-28(32)34)21-10-5-4-6-11-21)27-30-26(31-33-27)22-12-14-23(35-3)15-13-22/h4-16,25H,17H2,1-3H3,(H,29,34). The zero-order valence-corrected chi connectivity index (χ0v) is 21.5. The lowest BCUT2D eigenvalue weighted by Gasteiger charge is -2.37. The molecule has 35 heavy (non-hydrogen) atoms. The molecule has 0 fully saturated rings. The molecule has 7 heteroatoms. The molecule has 2 heterocycles. The Kier molecular flexibility index (Phi) is 6.70. The van der Waals surface area contributed by atoms with Gasteiger partial charge in [0.2, 0.25) is 5.82 Å². The van der Waals surface area contributed by atoms with Crippen molar-refractivity contribution in [3.8, 4) is 11.4 Å². The summed E-state index contributed by atoms with van der Waals surface area (Å²) in [5.74, 6) is 1.06. The van der Waals surface area contributed by atoms with Gasteiger partial charge in [-0.15, -0.1) is 11.8 Å². The van der Waals surface area contributed by atoms with Gasteiger partial charge in [-0.3, -0.25) is 0 Å². The Morgan fingerprint density at radius 1 is 1.00 bits per heavy atom. The van der Waals surface area contributed by atoms with E-state index in [4.69, 9.17) is 21.7 Å². The summed E-state index contributed by atoms with van der Waals surface area (Å²) in [5, 5.41) is 8.52. The number of rotatable bonds is 6. The number of hydrogen-bond acceptors (Lipinski definition) is 5. The van der Waals surface area contributed by atoms with E-state index in [0.717, 1.165) is 22.4 Å². The van der Waals surface area contributed by atoms with Crippen LogP contribution in [0.5, 0.6) is 0 Å². The average molecular weight is 499 g/mol. The van der Waals surface area contributed by atoms with Gasteiger partial charge in [0.25, 0.3) is 5.89 Å². The Hall–Kier alpha value is -3.42. The molecule has 0 spiro atoms. The van der Waals surface area contributed by atoms with E-state index in [1.54, 1.807) is 11.8 Å². The summed E-state index contributed by atoms with van der Waals surface area (Å²) < 4.78 is 5.86. The van der Waals surface area contributed by atoms with Crippen LogP contribution in [0.4, 0.5) is 0 Å². The topological polar surface area (TPSA) is 54.2 Å². The lowest BCUT2D eigenvalue weighted by molar-refractivity contribution is 0.396. The average Bonchev–Trinajstić information content (AvgIpc) is 3.36. The second kappa shape index (κ2) is 10.1. The van der Waals surface area contributed by atoms with Crippen LogP contribution in [-0.4, -0.2) is 26.4 Å². The number of thioether (sulfide) groups is 1. The number of thiocarbonyl (C=S) groups is 1. The molecule has 1 N–H and O–H groups in total. The zero-order valence-electron chi connectivity index (χ0n) is 19.9. The highest BCUT2D eigenvalue weighted by Gasteiger charge is 2.34. The summed E-state index contributed by atoms with van der Waals surface area (Å²) >= 11 is 7.54. The molecule has 4 aromatic rings. The van der Waals surface area contributed by atoms with Crippen LogP contribution < -0.4 is 5.32 Å². The van der Waals surface area contributed by atoms with E-state index in [1.165, 1.54) is 16.0 Å². The smallest absolute Gasteiger partial charge is 0.258 e. The normalized spacial score (nSPS) is 15.9. The highest BCUT2D eigenvalue weighted by molar-refractivity contribution is 7.98. The highest BCUT2D eigenvalue weighted by atomic mass is 32.2. The molecule has 3 aromatic carbocycles. The zero-order chi connectivity index (χ0) is 24.4. The lowest BCUT2D eigenvalue weighted by atomic mass is 9.94. The second-order valence-electron chi connectivity index (χ2n) is 8.52. The molecule has 176 valence electrons. The molecular weight excluding hydrogens is 472 g/mol. The van der Waals surface area contributed by atoms with Crippen molar-refractivity contribution in [3.05, 3.63) is 107 Å². The number of aryl methyl sites for hydroxylation is 1. The molecule has 0 saturated heterocycles. The molecular formula is C28H26N4OS2. The van der Waals surface area contributed by atoms with Crippen molar-refractivity contribution in [2.75, 3.05) is 6.26 Å². The lowest BCUT2D eigenvalue weighted by Crippen LogP contribution is -2.45. The number of nitrogens with zero attached hydrogens (tertiary/aromatic N) is 3. The van der Waals surface area contributed by atoms with Crippen LogP contribution in [0.15, 0.2) is 94.0 Å². The van der Waals surface area contributed by atoms with Crippen molar-refractivity contribution in [1.29, 1.82) is 0 Å². The molecule has 0 bridgehead atoms. The SMILES string of the molecule is CSc1ccc(-c2noc(C3=C(C)N(Cc4cccc(C)c4)C(=S)NC3c3ccccc3)n2)cc1. The van der Waals surface area contributed by atoms with E-state index in [1.807, 2.05) is 30.3 Å². The van der Waals surface area contributed by atoms with Crippen LogP contribution in [0.2, 0.25) is 0 Å². The molecule has 0 aliphatic carbocycles. The first-order valence-corrected chi connectivity index (χ1v) is 13.0. The molecule has 0 saturated carbocycles. The van der Waals surface area contributed by atoms with E-state index < -0.39 is 0 Å². The Labute approximate surface area is 215 Å². The van der Waals surface area contributed by atoms with Crippen molar-refractivity contribution in [3.63, 3.8) is 0 Å². The van der Waals surface area contributed by atoms with E-state index in [9.17, 15) is 0 Å². The third-order valence-corrected chi connectivity index (χ3v) is 7.24. The monoisotopic (exact) mass is 498 g/mol. The minimum absolute atomic E-state index is 0.190. The van der Waals surface area contributed by atoms with Gasteiger partial charge in [0, 0.05) is 22.7 Å². The number of nitrogens with one attached hydrogen (secondary N) is 1. The van der Waals surface area contributed by atoms with Gasteiger partial charge in [-0.1, -0.05) is 65.3 Å². The first kappa shape index (κ1) is 23.3. The number of aromatic nitrogens is 2. The molecule has 1 aromatic heterocycles. The number of benzene rings is 3. The Morgan fingerprint density at radius 3 is 2.49 bits per heavy atom. The molecule has 1 aliphatic heterocycles. The summed E-state index contributed by atoms with van der Waals surface area (Å²) in [4.78, 5) is 8.11. The quantitative estimate of drug-likeness (QED) is 0.236. The summed E-state index contributed by atoms with van der Waals surface area (Å²) in [6, 6.07) is 26.7. The largest absolute Gasteiger partial charge is 0.351 e. The fourth-order valence-electron chi connectivity index (χ4n) is 4.33. The molecule has 0 radical (unpaired) electrons. The van der Waals surface area contributed by atoms with Gasteiger partial charge in [-0.2, -0.15) is 4.98 Å². The van der Waals surface area contributed by atoms with Gasteiger partial charge >= 0.3 is 0 Å². The summed E-state index contributed by atoms with van der Waals surface area (Å²) in [6.07, 6.45) is 2.06. The number of allylic oxidation sites excluding steroid dienone is 1. The van der Waals surface area contributed by atoms with E-state index in [-0.39, 0.29) is 6.04 Å². The van der Waals surface area contributed by atoms with Gasteiger partial charge in [-0.25, -0.2) is 0 Å². The van der Waals surface area contributed by atoms with Gasteiger partial charge in [0.05, 0.1) is 11.6 Å². The first-order chi connectivity index (χ1) is 17.0. The third-order valence-electron chi connectivity index (χ3n) is 6.16. The van der Waals surface area contributed by atoms with Crippen molar-refractivity contribution in [2.24, 2.45) is 0 Å². The van der Waals surface area contributed by atoms with Gasteiger partial charge < -0.3 is 14.7 Å². The van der Waals surface area contributed by atoms with E-state index in [2.05, 4.69) is 84.0 Å². The fourth-order valence-corrected chi connectivity index (χ4v) is 5.06. The van der Waals surface area contributed by atoms with Crippen LogP contribution in [0.1, 0.15) is 35.5 Å². The minimum Gasteiger partial charge on any atom is -0.351 e. The maximum absolute atomic E-state index is 5.86. The van der Waals surface area contributed by atoms with Gasteiger partial charge in [-0.05, 0) is 67.7 Å². The van der Waals surface area contributed by atoms with Crippen molar-refractivity contribution >= 4 is 34.7 Å². The summed E-state index contributed by atoms with van der Waals surface area (Å²) in [5.41, 5.74) is 6.34. The molecule has 1 aliphatic rings. The summed E-state index contributed by atoms with van der Waals surface area (Å²) in [7, 11) is 0. The van der Waals surface area contributed by atoms with E-state index >= 15 is 0 Å². The Balaban J connectivity index is 1.57. The van der Waals surface area contributed by atoms with Crippen LogP contribution >= 0.6 is 24.0 Å². The molecule has 5 rings (SSSR count). The van der Waals surface area contributed by atoms with Crippen LogP contribution in [-0.2, 0) is 6.54 Å². The van der Waals surface area contributed by atoms with Crippen molar-refractivity contribution in [1.82, 2.24) is 20.4 Å². The molecule has 5 nitrogen and oxygen atoms in total. The Bertz CT molecular complexity index is 1380. The third kappa shape index (κ3) is 4.88. The minimum atomic E-state index is -0.190. The predicted octanol–water partition coefficient (Wildman–Crippen LogP) is 6.63. The molecule has 1 unspecified atom stereocenters. The first-order valence-electron chi connectivity index (χ1n) is 11.4. The highest BCUT2D eigenvalue weighted by Crippen LogP contribution is 2.38. The maximum Gasteiger partial charge on any atom is 0.258 e. The van der Waals surface area contributed by atoms with Crippen LogP contribution in [0, 0.1) is 6.92 Å². The fraction of sp³-hybridized carbons (Fsp3) is 0.179. The van der Waals surface area contributed by atoms with Crippen molar-refractivity contribution < 1.29 is 4.52 Å².